The van der Waals surface area contributed by atoms with Crippen LogP contribution in [0.2, 0.25) is 0 Å². The zero-order valence-corrected chi connectivity index (χ0v) is 10.7. The number of aliphatic carboxylic acids is 1. The first kappa shape index (κ1) is 14.0. The lowest BCUT2D eigenvalue weighted by Crippen LogP contribution is -2.57. The van der Waals surface area contributed by atoms with E-state index in [9.17, 15) is 9.59 Å². The summed E-state index contributed by atoms with van der Waals surface area (Å²) in [5.41, 5.74) is 5.70. The molecule has 4 atom stereocenters. The second kappa shape index (κ2) is 5.49. The van der Waals surface area contributed by atoms with Crippen LogP contribution >= 0.6 is 0 Å². The molecule has 2 rings (SSSR count). The van der Waals surface area contributed by atoms with E-state index in [1.165, 1.54) is 4.90 Å². The zero-order chi connectivity index (χ0) is 13.2. The first-order valence-corrected chi connectivity index (χ1v) is 6.33. The maximum atomic E-state index is 11.8. The number of hydrogen-bond donors (Lipinski definition) is 2. The van der Waals surface area contributed by atoms with E-state index in [-0.39, 0.29) is 11.9 Å². The quantitative estimate of drug-likeness (QED) is 0.713. The molecule has 2 heterocycles. The summed E-state index contributed by atoms with van der Waals surface area (Å²) in [6.07, 6.45) is 2.02. The van der Waals surface area contributed by atoms with Gasteiger partial charge in [-0.25, -0.2) is 4.79 Å². The van der Waals surface area contributed by atoms with Gasteiger partial charge in [0, 0.05) is 6.04 Å². The van der Waals surface area contributed by atoms with E-state index in [0.717, 1.165) is 6.42 Å². The third-order valence-electron chi connectivity index (χ3n) is 3.57. The van der Waals surface area contributed by atoms with Gasteiger partial charge in [-0.3, -0.25) is 4.79 Å². The second-order valence-electron chi connectivity index (χ2n) is 4.56. The predicted molar refractivity (Wildman–Crippen MR) is 64.4 cm³/mol. The van der Waals surface area contributed by atoms with Crippen LogP contribution in [-0.4, -0.2) is 40.0 Å². The highest BCUT2D eigenvalue weighted by molar-refractivity contribution is 5.88. The number of carbonyl (C=O) groups excluding carboxylic acids is 1. The average molecular weight is 242 g/mol. The molecule has 0 aromatic heterocycles. The van der Waals surface area contributed by atoms with Crippen molar-refractivity contribution in [2.75, 3.05) is 0 Å². The molecule has 0 aromatic carbocycles. The van der Waals surface area contributed by atoms with Gasteiger partial charge in [-0.05, 0) is 25.2 Å². The Bertz CT molecular complexity index is 306. The molecule has 2 fully saturated rings. The first-order chi connectivity index (χ1) is 8.02. The van der Waals surface area contributed by atoms with Crippen molar-refractivity contribution in [1.29, 1.82) is 0 Å². The minimum Gasteiger partial charge on any atom is -0.480 e. The van der Waals surface area contributed by atoms with Crippen LogP contribution in [0.3, 0.4) is 0 Å². The van der Waals surface area contributed by atoms with Crippen LogP contribution in [0.1, 0.15) is 40.0 Å². The van der Waals surface area contributed by atoms with Crippen molar-refractivity contribution in [1.82, 2.24) is 4.90 Å². The molecule has 0 bridgehead atoms. The fraction of sp³-hybridized carbons (Fsp3) is 0.833. The van der Waals surface area contributed by atoms with Gasteiger partial charge in [0.25, 0.3) is 0 Å². The van der Waals surface area contributed by atoms with Gasteiger partial charge in [0.05, 0.1) is 6.04 Å². The third-order valence-corrected chi connectivity index (χ3v) is 3.57. The highest BCUT2D eigenvalue weighted by atomic mass is 16.4. The maximum absolute atomic E-state index is 11.8. The molecule has 2 aliphatic heterocycles. The summed E-state index contributed by atoms with van der Waals surface area (Å²) in [6, 6.07) is -1.09. The zero-order valence-electron chi connectivity index (χ0n) is 10.7. The Kier molecular flexibility index (Phi) is 4.51. The van der Waals surface area contributed by atoms with Crippen molar-refractivity contribution in [3.63, 3.8) is 0 Å². The molecule has 0 spiro atoms. The molecule has 2 aliphatic rings. The van der Waals surface area contributed by atoms with Gasteiger partial charge < -0.3 is 15.7 Å². The smallest absolute Gasteiger partial charge is 0.326 e. The molecule has 1 amide bonds. The fourth-order valence-electron chi connectivity index (χ4n) is 2.81. The Labute approximate surface area is 102 Å². The number of piperidine rings is 1. The SMILES string of the molecule is CC.CC1CC(N)C(=O)N2C(C(=O)O)CCC12. The molecule has 2 saturated heterocycles. The summed E-state index contributed by atoms with van der Waals surface area (Å²) in [4.78, 5) is 24.3. The second-order valence-corrected chi connectivity index (χ2v) is 4.56. The number of hydrogen-bond acceptors (Lipinski definition) is 3. The van der Waals surface area contributed by atoms with E-state index in [0.29, 0.717) is 18.8 Å². The number of nitrogens with two attached hydrogens (primary N) is 1. The number of carbonyl (C=O) groups is 2. The molecule has 5 heteroatoms. The molecule has 3 N–H and O–H groups in total. The Morgan fingerprint density at radius 3 is 2.53 bits per heavy atom. The van der Waals surface area contributed by atoms with Gasteiger partial charge in [0.2, 0.25) is 5.91 Å². The molecule has 4 unspecified atom stereocenters. The molecular weight excluding hydrogens is 220 g/mol. The Morgan fingerprint density at radius 2 is 2.00 bits per heavy atom. The largest absolute Gasteiger partial charge is 0.480 e. The summed E-state index contributed by atoms with van der Waals surface area (Å²) in [5, 5.41) is 9.01. The minimum absolute atomic E-state index is 0.0819. The average Bonchev–Trinajstić information content (AvgIpc) is 2.74. The van der Waals surface area contributed by atoms with E-state index in [2.05, 4.69) is 0 Å². The van der Waals surface area contributed by atoms with Crippen LogP contribution in [0.15, 0.2) is 0 Å². The molecule has 0 aromatic rings. The highest BCUT2D eigenvalue weighted by Crippen LogP contribution is 2.35. The van der Waals surface area contributed by atoms with Crippen molar-refractivity contribution in [2.24, 2.45) is 11.7 Å². The number of carboxylic acid groups (broad SMARTS) is 1. The van der Waals surface area contributed by atoms with Crippen molar-refractivity contribution in [3.8, 4) is 0 Å². The molecule has 17 heavy (non-hydrogen) atoms. The van der Waals surface area contributed by atoms with Crippen LogP contribution < -0.4 is 5.73 Å². The number of rotatable bonds is 1. The molecule has 0 aliphatic carbocycles. The molecule has 0 radical (unpaired) electrons. The minimum atomic E-state index is -0.910. The van der Waals surface area contributed by atoms with E-state index in [1.807, 2.05) is 20.8 Å². The maximum Gasteiger partial charge on any atom is 0.326 e. The van der Waals surface area contributed by atoms with E-state index < -0.39 is 18.1 Å². The molecular formula is C12H22N2O3. The van der Waals surface area contributed by atoms with Crippen molar-refractivity contribution >= 4 is 11.9 Å². The fourth-order valence-corrected chi connectivity index (χ4v) is 2.81. The van der Waals surface area contributed by atoms with Gasteiger partial charge in [0.1, 0.15) is 6.04 Å². The number of nitrogens with zero attached hydrogens (tertiary/aromatic N) is 1. The van der Waals surface area contributed by atoms with Gasteiger partial charge in [0.15, 0.2) is 0 Å². The summed E-state index contributed by atoms with van der Waals surface area (Å²) < 4.78 is 0. The monoisotopic (exact) mass is 242 g/mol. The van der Waals surface area contributed by atoms with Crippen LogP contribution in [0.4, 0.5) is 0 Å². The number of amides is 1. The Balaban J connectivity index is 0.000000686. The van der Waals surface area contributed by atoms with Gasteiger partial charge in [-0.2, -0.15) is 0 Å². The molecule has 98 valence electrons. The number of carboxylic acids is 1. The molecule has 0 saturated carbocycles. The Hall–Kier alpha value is -1.10. The summed E-state index contributed by atoms with van der Waals surface area (Å²) in [7, 11) is 0. The predicted octanol–water partition coefficient (Wildman–Crippen LogP) is 0.824. The molecule has 5 nitrogen and oxygen atoms in total. The Morgan fingerprint density at radius 1 is 1.41 bits per heavy atom. The van der Waals surface area contributed by atoms with Crippen LogP contribution in [0.25, 0.3) is 0 Å². The van der Waals surface area contributed by atoms with Crippen molar-refractivity contribution < 1.29 is 14.7 Å². The highest BCUT2D eigenvalue weighted by Gasteiger charge is 2.47. The number of fused-ring (bicyclic) bond motifs is 1. The topological polar surface area (TPSA) is 83.6 Å². The van der Waals surface area contributed by atoms with Gasteiger partial charge in [-0.1, -0.05) is 20.8 Å². The van der Waals surface area contributed by atoms with Crippen molar-refractivity contribution in [2.45, 2.75) is 58.2 Å². The van der Waals surface area contributed by atoms with Crippen LogP contribution in [-0.2, 0) is 9.59 Å². The first-order valence-electron chi connectivity index (χ1n) is 6.33. The lowest BCUT2D eigenvalue weighted by atomic mass is 9.88. The van der Waals surface area contributed by atoms with Gasteiger partial charge in [-0.15, -0.1) is 0 Å². The van der Waals surface area contributed by atoms with E-state index in [4.69, 9.17) is 10.8 Å². The summed E-state index contributed by atoms with van der Waals surface area (Å²) >= 11 is 0. The van der Waals surface area contributed by atoms with Crippen molar-refractivity contribution in [3.05, 3.63) is 0 Å². The van der Waals surface area contributed by atoms with Crippen LogP contribution in [0.5, 0.6) is 0 Å². The van der Waals surface area contributed by atoms with Gasteiger partial charge >= 0.3 is 5.97 Å². The standard InChI is InChI=1S/C10H16N2O3.C2H6/c1-5-4-6(11)9(13)12-7(5)2-3-8(12)10(14)15;1-2/h5-8H,2-4,11H2,1H3,(H,14,15);1-2H3. The normalized spacial score (nSPS) is 36.0. The summed E-state index contributed by atoms with van der Waals surface area (Å²) in [5.74, 6) is -0.794. The summed E-state index contributed by atoms with van der Waals surface area (Å²) in [6.45, 7) is 6.04. The lowest BCUT2D eigenvalue weighted by molar-refractivity contribution is -0.153. The van der Waals surface area contributed by atoms with Crippen LogP contribution in [0, 0.1) is 5.92 Å². The lowest BCUT2D eigenvalue weighted by Gasteiger charge is -2.39. The van der Waals surface area contributed by atoms with E-state index >= 15 is 0 Å². The van der Waals surface area contributed by atoms with E-state index in [1.54, 1.807) is 0 Å². The third kappa shape index (κ3) is 2.44.